The number of aryl methyl sites for hydroxylation is 1. The summed E-state index contributed by atoms with van der Waals surface area (Å²) >= 11 is 0. The predicted molar refractivity (Wildman–Crippen MR) is 108 cm³/mol. The molecule has 0 bridgehead atoms. The van der Waals surface area contributed by atoms with Crippen LogP contribution in [-0.4, -0.2) is 28.6 Å². The van der Waals surface area contributed by atoms with Crippen molar-refractivity contribution in [1.82, 2.24) is 4.98 Å². The lowest BCUT2D eigenvalue weighted by atomic mass is 10.1. The van der Waals surface area contributed by atoms with E-state index in [1.54, 1.807) is 6.26 Å². The van der Waals surface area contributed by atoms with Gasteiger partial charge in [-0.15, -0.1) is 0 Å². The maximum Gasteiger partial charge on any atom is 0.362 e. The second kappa shape index (κ2) is 8.49. The van der Waals surface area contributed by atoms with Gasteiger partial charge < -0.3 is 19.2 Å². The lowest BCUT2D eigenvalue weighted by Crippen LogP contribution is -3.13. The molecule has 29 heavy (non-hydrogen) atoms. The Hall–Kier alpha value is -3.12. The quantitative estimate of drug-likeness (QED) is 0.646. The van der Waals surface area contributed by atoms with E-state index in [0.717, 1.165) is 53.4 Å². The van der Waals surface area contributed by atoms with E-state index in [2.05, 4.69) is 4.98 Å². The highest BCUT2D eigenvalue weighted by molar-refractivity contribution is 5.72. The summed E-state index contributed by atoms with van der Waals surface area (Å²) in [5, 5.41) is 9.32. The monoisotopic (exact) mass is 393 g/mol. The molecule has 150 valence electrons. The first-order chi connectivity index (χ1) is 14.1. The van der Waals surface area contributed by atoms with Crippen molar-refractivity contribution in [3.8, 4) is 17.2 Å². The molecule has 4 rings (SSSR count). The Bertz CT molecular complexity index is 963. The van der Waals surface area contributed by atoms with Crippen molar-refractivity contribution >= 4 is 5.97 Å². The molecule has 1 aliphatic rings. The molecule has 0 amide bonds. The van der Waals surface area contributed by atoms with Crippen molar-refractivity contribution in [2.45, 2.75) is 39.0 Å². The summed E-state index contributed by atoms with van der Waals surface area (Å²) in [4.78, 5) is 16.9. The number of rotatable bonds is 7. The summed E-state index contributed by atoms with van der Waals surface area (Å²) < 4.78 is 11.4. The Kier molecular flexibility index (Phi) is 5.62. The first-order valence-electron chi connectivity index (χ1n) is 9.89. The summed E-state index contributed by atoms with van der Waals surface area (Å²) in [7, 11) is 0. The zero-order chi connectivity index (χ0) is 20.2. The second-order valence-electron chi connectivity index (χ2n) is 7.56. The van der Waals surface area contributed by atoms with Crippen LogP contribution in [0.3, 0.4) is 0 Å². The van der Waals surface area contributed by atoms with Crippen LogP contribution in [0.4, 0.5) is 0 Å². The van der Waals surface area contributed by atoms with E-state index in [-0.39, 0.29) is 6.04 Å². The third kappa shape index (κ3) is 4.66. The van der Waals surface area contributed by atoms with Crippen LogP contribution in [0.5, 0.6) is 5.75 Å². The zero-order valence-corrected chi connectivity index (χ0v) is 16.4. The summed E-state index contributed by atoms with van der Waals surface area (Å²) in [6.45, 7) is 4.00. The number of benzene rings is 2. The van der Waals surface area contributed by atoms with Gasteiger partial charge in [-0.25, -0.2) is 9.78 Å². The number of ether oxygens (including phenoxy) is 1. The minimum Gasteiger partial charge on any atom is -0.487 e. The SMILES string of the molecule is Cc1ccc(-c2nc(COc3ccc(C[NH+]4CCC[C@@H]4C(=O)O)cc3)co2)cc1. The lowest BCUT2D eigenvalue weighted by Gasteiger charge is -2.18. The number of carbonyl (C=O) groups is 1. The predicted octanol–water partition coefficient (Wildman–Crippen LogP) is 2.86. The van der Waals surface area contributed by atoms with Crippen molar-refractivity contribution in [3.63, 3.8) is 0 Å². The fourth-order valence-electron chi connectivity index (χ4n) is 3.75. The van der Waals surface area contributed by atoms with Crippen LogP contribution in [0.25, 0.3) is 11.5 Å². The number of nitrogens with zero attached hydrogens (tertiary/aromatic N) is 1. The summed E-state index contributed by atoms with van der Waals surface area (Å²) in [5.41, 5.74) is 3.98. The number of hydrogen-bond acceptors (Lipinski definition) is 4. The van der Waals surface area contributed by atoms with E-state index in [0.29, 0.717) is 12.5 Å². The molecule has 1 aromatic heterocycles. The van der Waals surface area contributed by atoms with Crippen molar-refractivity contribution in [1.29, 1.82) is 0 Å². The Morgan fingerprint density at radius 1 is 1.21 bits per heavy atom. The fourth-order valence-corrected chi connectivity index (χ4v) is 3.75. The molecule has 0 aliphatic carbocycles. The number of likely N-dealkylation sites (tertiary alicyclic amines) is 1. The minimum absolute atomic E-state index is 0.291. The van der Waals surface area contributed by atoms with Crippen molar-refractivity contribution in [3.05, 3.63) is 71.6 Å². The average Bonchev–Trinajstić information content (AvgIpc) is 3.38. The molecule has 6 heteroatoms. The summed E-state index contributed by atoms with van der Waals surface area (Å²) in [6.07, 6.45) is 3.34. The number of quaternary nitrogens is 1. The lowest BCUT2D eigenvalue weighted by molar-refractivity contribution is -0.917. The van der Waals surface area contributed by atoms with Crippen LogP contribution in [0.15, 0.2) is 59.2 Å². The largest absolute Gasteiger partial charge is 0.487 e. The smallest absolute Gasteiger partial charge is 0.362 e. The van der Waals surface area contributed by atoms with Crippen molar-refractivity contribution in [2.24, 2.45) is 0 Å². The van der Waals surface area contributed by atoms with E-state index < -0.39 is 5.97 Å². The highest BCUT2D eigenvalue weighted by atomic mass is 16.5. The molecule has 6 nitrogen and oxygen atoms in total. The van der Waals surface area contributed by atoms with Crippen LogP contribution in [-0.2, 0) is 17.9 Å². The van der Waals surface area contributed by atoms with E-state index in [9.17, 15) is 9.90 Å². The van der Waals surface area contributed by atoms with Gasteiger partial charge >= 0.3 is 5.97 Å². The Balaban J connectivity index is 1.33. The van der Waals surface area contributed by atoms with Crippen LogP contribution in [0, 0.1) is 6.92 Å². The normalized spacial score (nSPS) is 18.7. The highest BCUT2D eigenvalue weighted by Crippen LogP contribution is 2.20. The first kappa shape index (κ1) is 19.2. The average molecular weight is 393 g/mol. The number of nitrogens with one attached hydrogen (secondary N) is 1. The highest BCUT2D eigenvalue weighted by Gasteiger charge is 2.34. The molecular formula is C23H25N2O4+. The minimum atomic E-state index is -0.699. The molecule has 1 fully saturated rings. The van der Waals surface area contributed by atoms with Gasteiger partial charge in [-0.2, -0.15) is 0 Å². The Labute approximate surface area is 169 Å². The first-order valence-corrected chi connectivity index (χ1v) is 9.89. The fraction of sp³-hybridized carbons (Fsp3) is 0.304. The molecule has 2 heterocycles. The van der Waals surface area contributed by atoms with Gasteiger partial charge in [-0.3, -0.25) is 0 Å². The Morgan fingerprint density at radius 3 is 2.69 bits per heavy atom. The van der Waals surface area contributed by atoms with E-state index in [1.165, 1.54) is 5.56 Å². The maximum absolute atomic E-state index is 11.3. The molecule has 2 N–H and O–H groups in total. The van der Waals surface area contributed by atoms with E-state index in [1.807, 2.05) is 55.5 Å². The van der Waals surface area contributed by atoms with Gasteiger partial charge in [-0.1, -0.05) is 17.7 Å². The summed E-state index contributed by atoms with van der Waals surface area (Å²) in [6, 6.07) is 15.6. The number of carboxylic acids is 1. The molecule has 2 aromatic carbocycles. The topological polar surface area (TPSA) is 77.0 Å². The van der Waals surface area contributed by atoms with Crippen LogP contribution < -0.4 is 9.64 Å². The number of oxazole rings is 1. The molecular weight excluding hydrogens is 368 g/mol. The molecule has 1 aliphatic heterocycles. The van der Waals surface area contributed by atoms with Crippen LogP contribution in [0.2, 0.25) is 0 Å². The van der Waals surface area contributed by atoms with Crippen molar-refractivity contribution < 1.29 is 24.0 Å². The number of carboxylic acid groups (broad SMARTS) is 1. The molecule has 0 radical (unpaired) electrons. The third-order valence-corrected chi connectivity index (χ3v) is 5.37. The number of aromatic nitrogens is 1. The standard InChI is InChI=1S/C23H24N2O4/c1-16-4-8-18(9-5-16)22-24-19(15-29-22)14-28-20-10-6-17(7-11-20)13-25-12-2-3-21(25)23(26)27/h4-11,15,21H,2-3,12-14H2,1H3,(H,26,27)/p+1/t21-/m1/s1. The summed E-state index contributed by atoms with van der Waals surface area (Å²) in [5.74, 6) is 0.635. The van der Waals surface area contributed by atoms with Gasteiger partial charge in [-0.05, 0) is 43.3 Å². The van der Waals surface area contributed by atoms with Gasteiger partial charge in [0.2, 0.25) is 5.89 Å². The zero-order valence-electron chi connectivity index (χ0n) is 16.4. The van der Waals surface area contributed by atoms with Gasteiger partial charge in [0.15, 0.2) is 6.04 Å². The van der Waals surface area contributed by atoms with Gasteiger partial charge in [0.1, 0.15) is 30.9 Å². The van der Waals surface area contributed by atoms with Gasteiger partial charge in [0, 0.05) is 24.0 Å². The van der Waals surface area contributed by atoms with Crippen LogP contribution >= 0.6 is 0 Å². The number of hydrogen-bond donors (Lipinski definition) is 2. The van der Waals surface area contributed by atoms with E-state index >= 15 is 0 Å². The van der Waals surface area contributed by atoms with Gasteiger partial charge in [0.25, 0.3) is 0 Å². The van der Waals surface area contributed by atoms with E-state index in [4.69, 9.17) is 9.15 Å². The molecule has 0 spiro atoms. The third-order valence-electron chi connectivity index (χ3n) is 5.37. The molecule has 1 unspecified atom stereocenters. The number of aliphatic carboxylic acids is 1. The maximum atomic E-state index is 11.3. The van der Waals surface area contributed by atoms with Crippen LogP contribution in [0.1, 0.15) is 29.7 Å². The Morgan fingerprint density at radius 2 is 1.97 bits per heavy atom. The van der Waals surface area contributed by atoms with Crippen molar-refractivity contribution in [2.75, 3.05) is 6.54 Å². The second-order valence-corrected chi connectivity index (χ2v) is 7.56. The molecule has 2 atom stereocenters. The molecule has 3 aromatic rings. The molecule has 1 saturated heterocycles. The van der Waals surface area contributed by atoms with Gasteiger partial charge in [0.05, 0.1) is 6.54 Å². The molecule has 0 saturated carbocycles.